The van der Waals surface area contributed by atoms with Crippen LogP contribution < -0.4 is 10.6 Å². The summed E-state index contributed by atoms with van der Waals surface area (Å²) in [6.07, 6.45) is 4.38. The van der Waals surface area contributed by atoms with Crippen molar-refractivity contribution in [1.29, 1.82) is 0 Å². The van der Waals surface area contributed by atoms with Crippen molar-refractivity contribution in [3.63, 3.8) is 0 Å². The highest BCUT2D eigenvalue weighted by Gasteiger charge is 2.66. The highest BCUT2D eigenvalue weighted by molar-refractivity contribution is 6.10. The van der Waals surface area contributed by atoms with E-state index in [-0.39, 0.29) is 70.1 Å². The van der Waals surface area contributed by atoms with E-state index in [0.29, 0.717) is 58.3 Å². The number of fused-ring (bicyclic) bond motifs is 6. The largest absolute Gasteiger partial charge is 0.469 e. The number of amides is 1. The summed E-state index contributed by atoms with van der Waals surface area (Å²) >= 11 is 0. The first-order chi connectivity index (χ1) is 34.3. The predicted octanol–water partition coefficient (Wildman–Crippen LogP) is 7.28. The standard InChI is InChI=1S/C55H81N5O13/c1-16-17-26-56-39(61)29-53(7)33(18-21-40(62)68-10)37-28-38-51(4,5)34(19-22-41(63)69-11)46(58-38)31(2)48-52(6,25-24-43(65)71-13)36(27-44(66)72-14)50(59-48)55(9)54(8,30-45(67)73-15)35(20-23-42(64)70-12)47(60-55)32(3)49(53)57-37/h28,33-36,50,57H,16-27,29-30H2,1-15H3,(H,56,61)/b37-28?,46-31?,49-32-/t33-,34-,35-,36+,50?,52-,53+,54+,55+/m1/s1. The quantitative estimate of drug-likeness (QED) is 0.0653. The van der Waals surface area contributed by atoms with Crippen molar-refractivity contribution < 1.29 is 62.0 Å². The molecule has 1 fully saturated rings. The summed E-state index contributed by atoms with van der Waals surface area (Å²) in [5.41, 5.74) is -0.170. The number of methoxy groups -OCH3 is 6. The number of nitrogens with zero attached hydrogens (tertiary/aromatic N) is 3. The summed E-state index contributed by atoms with van der Waals surface area (Å²) in [6, 6.07) is -0.879. The third-order valence-electron chi connectivity index (χ3n) is 17.5. The second-order valence-corrected chi connectivity index (χ2v) is 21.9. The van der Waals surface area contributed by atoms with Crippen molar-refractivity contribution in [2.75, 3.05) is 49.2 Å². The van der Waals surface area contributed by atoms with Gasteiger partial charge < -0.3 is 39.1 Å². The van der Waals surface area contributed by atoms with Crippen LogP contribution in [-0.4, -0.2) is 120 Å². The molecule has 8 bridgehead atoms. The summed E-state index contributed by atoms with van der Waals surface area (Å²) in [4.78, 5) is 112. The van der Waals surface area contributed by atoms with E-state index in [1.165, 1.54) is 42.7 Å². The Morgan fingerprint density at radius 1 is 0.658 bits per heavy atom. The molecule has 5 rings (SSSR count). The van der Waals surface area contributed by atoms with Crippen molar-refractivity contribution in [3.05, 3.63) is 34.3 Å². The van der Waals surface area contributed by atoms with E-state index in [0.717, 1.165) is 12.8 Å². The first kappa shape index (κ1) is 58.2. The second-order valence-electron chi connectivity index (χ2n) is 21.9. The Bertz CT molecular complexity index is 2400. The lowest BCUT2D eigenvalue weighted by atomic mass is 9.55. The molecule has 0 saturated carbocycles. The van der Waals surface area contributed by atoms with Crippen molar-refractivity contribution in [2.24, 2.45) is 60.3 Å². The minimum Gasteiger partial charge on any atom is -0.469 e. The van der Waals surface area contributed by atoms with Gasteiger partial charge in [0.25, 0.3) is 0 Å². The number of unbranched alkanes of at least 4 members (excludes halogenated alkanes) is 1. The number of hydrogen-bond donors (Lipinski definition) is 2. The maximum Gasteiger partial charge on any atom is 0.306 e. The molecule has 0 aromatic heterocycles. The van der Waals surface area contributed by atoms with E-state index in [2.05, 4.69) is 24.5 Å². The van der Waals surface area contributed by atoms with Crippen LogP contribution in [0.1, 0.15) is 146 Å². The van der Waals surface area contributed by atoms with E-state index in [1.54, 1.807) is 0 Å². The molecule has 0 spiro atoms. The topological polar surface area (TPSA) is 236 Å². The molecule has 18 heteroatoms. The number of carbonyl (C=O) groups excluding carboxylic acids is 7. The minimum atomic E-state index is -1.36. The number of ether oxygens (including phenoxy) is 6. The van der Waals surface area contributed by atoms with Crippen LogP contribution in [0.25, 0.3) is 0 Å². The third-order valence-corrected chi connectivity index (χ3v) is 17.5. The van der Waals surface area contributed by atoms with Gasteiger partial charge in [0.2, 0.25) is 5.91 Å². The van der Waals surface area contributed by atoms with Crippen LogP contribution in [-0.2, 0) is 62.0 Å². The molecular formula is C55H81N5O13. The predicted molar refractivity (Wildman–Crippen MR) is 274 cm³/mol. The molecule has 0 aromatic rings. The number of rotatable bonds is 21. The van der Waals surface area contributed by atoms with Gasteiger partial charge in [-0.25, -0.2) is 0 Å². The van der Waals surface area contributed by atoms with Gasteiger partial charge in [-0.15, -0.1) is 0 Å². The number of allylic oxidation sites excluding steroid dienone is 6. The third kappa shape index (κ3) is 11.2. The summed E-state index contributed by atoms with van der Waals surface area (Å²) < 4.78 is 31.6. The van der Waals surface area contributed by atoms with Gasteiger partial charge in [-0.05, 0) is 70.1 Å². The number of aliphatic imine (C=N–C) groups is 3. The zero-order valence-electron chi connectivity index (χ0n) is 46.0. The fourth-order valence-electron chi connectivity index (χ4n) is 12.8. The monoisotopic (exact) mass is 1020 g/mol. The Labute approximate surface area is 431 Å². The van der Waals surface area contributed by atoms with Crippen LogP contribution in [0.3, 0.4) is 0 Å². The molecule has 0 aliphatic carbocycles. The zero-order valence-corrected chi connectivity index (χ0v) is 46.0. The Hall–Kier alpha value is -5.68. The van der Waals surface area contributed by atoms with Crippen molar-refractivity contribution in [2.45, 2.75) is 157 Å². The number of carbonyl (C=O) groups is 7. The van der Waals surface area contributed by atoms with Gasteiger partial charge in [0.15, 0.2) is 0 Å². The van der Waals surface area contributed by atoms with Gasteiger partial charge in [-0.1, -0.05) is 48.0 Å². The molecule has 2 N–H and O–H groups in total. The molecule has 1 amide bonds. The van der Waals surface area contributed by atoms with Crippen molar-refractivity contribution >= 4 is 58.9 Å². The summed E-state index contributed by atoms with van der Waals surface area (Å²) in [7, 11) is 7.97. The Morgan fingerprint density at radius 3 is 1.74 bits per heavy atom. The first-order valence-electron chi connectivity index (χ1n) is 25.7. The van der Waals surface area contributed by atoms with E-state index in [9.17, 15) is 33.6 Å². The highest BCUT2D eigenvalue weighted by Crippen LogP contribution is 2.62. The normalized spacial score (nSPS) is 30.9. The van der Waals surface area contributed by atoms with Gasteiger partial charge >= 0.3 is 35.8 Å². The molecule has 73 heavy (non-hydrogen) atoms. The lowest BCUT2D eigenvalue weighted by molar-refractivity contribution is -0.147. The van der Waals surface area contributed by atoms with Crippen LogP contribution in [0.2, 0.25) is 0 Å². The first-order valence-corrected chi connectivity index (χ1v) is 25.7. The van der Waals surface area contributed by atoms with Gasteiger partial charge in [0.1, 0.15) is 0 Å². The summed E-state index contributed by atoms with van der Waals surface area (Å²) in [5.74, 6) is -5.22. The van der Waals surface area contributed by atoms with Crippen molar-refractivity contribution in [1.82, 2.24) is 10.6 Å². The van der Waals surface area contributed by atoms with Gasteiger partial charge in [0.05, 0.1) is 67.1 Å². The van der Waals surface area contributed by atoms with Gasteiger partial charge in [0, 0.05) is 118 Å². The van der Waals surface area contributed by atoms with Crippen LogP contribution in [0.5, 0.6) is 0 Å². The molecule has 5 aliphatic rings. The van der Waals surface area contributed by atoms with Crippen LogP contribution in [0.15, 0.2) is 49.3 Å². The van der Waals surface area contributed by atoms with E-state index >= 15 is 0 Å². The average Bonchev–Trinajstić information content (AvgIpc) is 3.97. The number of hydrogen-bond acceptors (Lipinski definition) is 17. The summed E-state index contributed by atoms with van der Waals surface area (Å²) in [6.45, 7) is 18.4. The van der Waals surface area contributed by atoms with E-state index in [1.807, 2.05) is 54.5 Å². The van der Waals surface area contributed by atoms with Crippen molar-refractivity contribution in [3.8, 4) is 0 Å². The second kappa shape index (κ2) is 23.3. The Morgan fingerprint density at radius 2 is 1.19 bits per heavy atom. The Kier molecular flexibility index (Phi) is 18.5. The van der Waals surface area contributed by atoms with E-state index in [4.69, 9.17) is 43.4 Å². The molecule has 18 nitrogen and oxygen atoms in total. The van der Waals surface area contributed by atoms with Crippen LogP contribution in [0, 0.1) is 45.3 Å². The lowest BCUT2D eigenvalue weighted by Gasteiger charge is -2.48. The molecule has 0 aromatic carbocycles. The number of esters is 6. The molecular weight excluding hydrogens is 939 g/mol. The van der Waals surface area contributed by atoms with Gasteiger partial charge in [-0.3, -0.25) is 48.5 Å². The molecule has 5 heterocycles. The molecule has 0 radical (unpaired) electrons. The smallest absolute Gasteiger partial charge is 0.306 e. The summed E-state index contributed by atoms with van der Waals surface area (Å²) in [5, 5.41) is 6.93. The maximum atomic E-state index is 14.3. The molecule has 5 aliphatic heterocycles. The Balaban J connectivity index is 2.04. The molecule has 9 atom stereocenters. The molecule has 404 valence electrons. The van der Waals surface area contributed by atoms with Gasteiger partial charge in [-0.2, -0.15) is 0 Å². The average molecular weight is 1020 g/mol. The molecule has 1 saturated heterocycles. The fraction of sp³-hybridized carbons (Fsp3) is 0.709. The fourth-order valence-corrected chi connectivity index (χ4v) is 12.8. The SMILES string of the molecule is CCCCNC(=O)C[C@]1(C)/C2=C(\C)C3=N[C@@](C)(C4N=C(C(C)=C5N=C(C=C(N2)[C@H]1CCC(=O)OC)C(C)(C)[C@@H]5CCC(=O)OC)[C@](C)(CCC(=O)OC)[C@H]4CC(=O)OC)[C@@](C)(CC(=O)OC)[C@@H]3CCC(=O)OC. The molecule has 1 unspecified atom stereocenters. The zero-order chi connectivity index (χ0) is 54.4. The highest BCUT2D eigenvalue weighted by atomic mass is 16.5. The lowest BCUT2D eigenvalue weighted by Crippen LogP contribution is -2.55. The number of nitrogens with one attached hydrogen (secondary N) is 2. The van der Waals surface area contributed by atoms with E-state index < -0.39 is 92.7 Å². The minimum absolute atomic E-state index is 0.00822. The van der Waals surface area contributed by atoms with Crippen LogP contribution in [0.4, 0.5) is 0 Å². The van der Waals surface area contributed by atoms with Crippen LogP contribution >= 0.6 is 0 Å². The maximum absolute atomic E-state index is 14.3.